The van der Waals surface area contributed by atoms with Gasteiger partial charge in [-0.2, -0.15) is 0 Å². The Balaban J connectivity index is 0.000000773. The van der Waals surface area contributed by atoms with Gasteiger partial charge in [-0.15, -0.1) is 0 Å². The molecule has 2 aliphatic heterocycles. The summed E-state index contributed by atoms with van der Waals surface area (Å²) in [6.45, 7) is 12.1. The molecule has 0 aromatic carbocycles. The first-order valence-electron chi connectivity index (χ1n) is 8.08. The fourth-order valence-electron chi connectivity index (χ4n) is 2.13. The van der Waals surface area contributed by atoms with E-state index in [9.17, 15) is 19.2 Å². The number of nitrogens with one attached hydrogen (secondary N) is 2. The number of nitrogens with zero attached hydrogens (tertiary/aromatic N) is 1. The van der Waals surface area contributed by atoms with Gasteiger partial charge in [-0.25, -0.2) is 0 Å². The maximum Gasteiger partial charge on any atom is 0.261 e. The van der Waals surface area contributed by atoms with E-state index in [-0.39, 0.29) is 29.9 Å². The zero-order valence-electron chi connectivity index (χ0n) is 15.1. The molecule has 7 nitrogen and oxygen atoms in total. The lowest BCUT2D eigenvalue weighted by Crippen LogP contribution is -2.54. The van der Waals surface area contributed by atoms with Crippen LogP contribution in [0.15, 0.2) is 23.8 Å². The first-order valence-corrected chi connectivity index (χ1v) is 8.08. The molecular weight excluding hydrogens is 310 g/mol. The van der Waals surface area contributed by atoms with Crippen molar-refractivity contribution in [2.45, 2.75) is 46.6 Å². The summed E-state index contributed by atoms with van der Waals surface area (Å²) in [6.07, 6.45) is 1.59. The molecule has 1 atom stereocenters. The number of carbonyl (C=O) groups excluding carboxylic acids is 4. The third-order valence-corrected chi connectivity index (χ3v) is 3.47. The first kappa shape index (κ1) is 21.7. The Morgan fingerprint density at radius 3 is 2.17 bits per heavy atom. The SMILES string of the molecule is C=CC1=C(C)C(=O)N(C2CCC(=O)NC2=O)C1=O.CC.CCNC. The third kappa shape index (κ3) is 4.86. The van der Waals surface area contributed by atoms with E-state index in [1.54, 1.807) is 0 Å². The highest BCUT2D eigenvalue weighted by molar-refractivity contribution is 6.22. The Morgan fingerprint density at radius 1 is 1.25 bits per heavy atom. The summed E-state index contributed by atoms with van der Waals surface area (Å²) in [5.41, 5.74) is 0.490. The fourth-order valence-corrected chi connectivity index (χ4v) is 2.13. The van der Waals surface area contributed by atoms with Crippen LogP contribution in [0.5, 0.6) is 0 Å². The molecule has 0 bridgehead atoms. The quantitative estimate of drug-likeness (QED) is 0.747. The summed E-state index contributed by atoms with van der Waals surface area (Å²) < 4.78 is 0. The average Bonchev–Trinajstić information content (AvgIpc) is 2.79. The van der Waals surface area contributed by atoms with Gasteiger partial charge in [0.15, 0.2) is 0 Å². The van der Waals surface area contributed by atoms with Crippen molar-refractivity contribution in [3.05, 3.63) is 23.8 Å². The lowest BCUT2D eigenvalue weighted by atomic mass is 10.0. The molecule has 2 N–H and O–H groups in total. The third-order valence-electron chi connectivity index (χ3n) is 3.47. The highest BCUT2D eigenvalue weighted by Crippen LogP contribution is 2.26. The highest BCUT2D eigenvalue weighted by atomic mass is 16.2. The predicted molar refractivity (Wildman–Crippen MR) is 91.9 cm³/mol. The van der Waals surface area contributed by atoms with E-state index < -0.39 is 23.8 Å². The van der Waals surface area contributed by atoms with Crippen molar-refractivity contribution in [1.29, 1.82) is 0 Å². The Morgan fingerprint density at radius 2 is 1.79 bits per heavy atom. The highest BCUT2D eigenvalue weighted by Gasteiger charge is 2.43. The van der Waals surface area contributed by atoms with Gasteiger partial charge in [-0.3, -0.25) is 29.4 Å². The van der Waals surface area contributed by atoms with Gasteiger partial charge in [0.05, 0.1) is 0 Å². The molecule has 0 saturated carbocycles. The summed E-state index contributed by atoms with van der Waals surface area (Å²) in [4.78, 5) is 47.5. The second-order valence-corrected chi connectivity index (χ2v) is 4.90. The minimum absolute atomic E-state index is 0.121. The van der Waals surface area contributed by atoms with Crippen molar-refractivity contribution in [3.63, 3.8) is 0 Å². The molecule has 7 heteroatoms. The lowest BCUT2D eigenvalue weighted by Gasteiger charge is -2.28. The smallest absolute Gasteiger partial charge is 0.261 e. The van der Waals surface area contributed by atoms with Gasteiger partial charge >= 0.3 is 0 Å². The van der Waals surface area contributed by atoms with Crippen molar-refractivity contribution in [3.8, 4) is 0 Å². The average molecular weight is 337 g/mol. The van der Waals surface area contributed by atoms with Crippen molar-refractivity contribution in [2.75, 3.05) is 13.6 Å². The van der Waals surface area contributed by atoms with Crippen LogP contribution < -0.4 is 10.6 Å². The van der Waals surface area contributed by atoms with Crippen LogP contribution in [0, 0.1) is 0 Å². The van der Waals surface area contributed by atoms with Crippen LogP contribution in [-0.2, 0) is 19.2 Å². The molecule has 0 spiro atoms. The molecule has 2 heterocycles. The number of piperidine rings is 1. The van der Waals surface area contributed by atoms with Gasteiger partial charge in [0.2, 0.25) is 11.8 Å². The molecular formula is C17H27N3O4. The number of amides is 4. The molecule has 1 unspecified atom stereocenters. The fraction of sp³-hybridized carbons (Fsp3) is 0.529. The van der Waals surface area contributed by atoms with Gasteiger partial charge in [-0.1, -0.05) is 33.4 Å². The van der Waals surface area contributed by atoms with E-state index >= 15 is 0 Å². The van der Waals surface area contributed by atoms with E-state index in [2.05, 4.69) is 24.1 Å². The van der Waals surface area contributed by atoms with Crippen molar-refractivity contribution >= 4 is 23.6 Å². The molecule has 1 fully saturated rings. The maximum absolute atomic E-state index is 12.0. The number of rotatable bonds is 3. The normalized spacial score (nSPS) is 20.0. The summed E-state index contributed by atoms with van der Waals surface area (Å²) in [5.74, 6) is -2.01. The van der Waals surface area contributed by atoms with E-state index in [1.165, 1.54) is 13.0 Å². The van der Waals surface area contributed by atoms with E-state index in [4.69, 9.17) is 0 Å². The lowest BCUT2D eigenvalue weighted by molar-refractivity contribution is -0.150. The van der Waals surface area contributed by atoms with Crippen LogP contribution in [0.4, 0.5) is 0 Å². The van der Waals surface area contributed by atoms with Gasteiger partial charge in [0.1, 0.15) is 6.04 Å². The van der Waals surface area contributed by atoms with Crippen LogP contribution in [0.2, 0.25) is 0 Å². The predicted octanol–water partition coefficient (Wildman–Crippen LogP) is 0.915. The molecule has 0 radical (unpaired) electrons. The summed E-state index contributed by atoms with van der Waals surface area (Å²) in [6, 6.07) is -0.907. The molecule has 24 heavy (non-hydrogen) atoms. The molecule has 0 aromatic rings. The topological polar surface area (TPSA) is 95.6 Å². The Labute approximate surface area is 143 Å². The molecule has 134 valence electrons. The van der Waals surface area contributed by atoms with Crippen LogP contribution >= 0.6 is 0 Å². The van der Waals surface area contributed by atoms with Crippen molar-refractivity contribution < 1.29 is 19.2 Å². The van der Waals surface area contributed by atoms with Gasteiger partial charge in [0, 0.05) is 17.6 Å². The minimum Gasteiger partial charge on any atom is -0.320 e. The summed E-state index contributed by atoms with van der Waals surface area (Å²) in [7, 11) is 1.93. The summed E-state index contributed by atoms with van der Waals surface area (Å²) >= 11 is 0. The minimum atomic E-state index is -0.907. The number of hydrogen-bond donors (Lipinski definition) is 2. The van der Waals surface area contributed by atoms with E-state index in [1.807, 2.05) is 20.9 Å². The molecule has 2 rings (SSSR count). The molecule has 0 aromatic heterocycles. The maximum atomic E-state index is 12.0. The molecule has 4 amide bonds. The second-order valence-electron chi connectivity index (χ2n) is 4.90. The standard InChI is InChI=1S/C12H12N2O4.C3H9N.C2H6/c1-3-7-6(2)11(17)14(12(7)18)8-4-5-9(15)13-10(8)16;1-3-4-2;1-2/h3,8H,1,4-5H2,2H3,(H,13,15,16);4H,3H2,1-2H3;1-2H3. The zero-order valence-corrected chi connectivity index (χ0v) is 15.1. The number of carbonyl (C=O) groups is 4. The molecule has 1 saturated heterocycles. The van der Waals surface area contributed by atoms with Gasteiger partial charge < -0.3 is 5.32 Å². The van der Waals surface area contributed by atoms with Crippen LogP contribution in [0.1, 0.15) is 40.5 Å². The van der Waals surface area contributed by atoms with Gasteiger partial charge in [-0.05, 0) is 26.9 Å². The van der Waals surface area contributed by atoms with Crippen LogP contribution in [0.3, 0.4) is 0 Å². The number of hydrogen-bond acceptors (Lipinski definition) is 5. The van der Waals surface area contributed by atoms with Crippen LogP contribution in [0.25, 0.3) is 0 Å². The number of imide groups is 2. The molecule has 0 aliphatic carbocycles. The van der Waals surface area contributed by atoms with Crippen molar-refractivity contribution in [2.24, 2.45) is 0 Å². The largest absolute Gasteiger partial charge is 0.320 e. The monoisotopic (exact) mass is 337 g/mol. The first-order chi connectivity index (χ1) is 11.4. The summed E-state index contributed by atoms with van der Waals surface area (Å²) in [5, 5.41) is 5.06. The Bertz CT molecular complexity index is 550. The van der Waals surface area contributed by atoms with E-state index in [0.29, 0.717) is 0 Å². The molecule has 2 aliphatic rings. The van der Waals surface area contributed by atoms with Gasteiger partial charge in [0.25, 0.3) is 11.8 Å². The van der Waals surface area contributed by atoms with Crippen molar-refractivity contribution in [1.82, 2.24) is 15.5 Å². The second kappa shape index (κ2) is 10.5. The zero-order chi connectivity index (χ0) is 18.9. The van der Waals surface area contributed by atoms with Crippen LogP contribution in [-0.4, -0.2) is 48.2 Å². The Hall–Kier alpha value is -2.28. The van der Waals surface area contributed by atoms with E-state index in [0.717, 1.165) is 11.4 Å². The Kier molecular flexibility index (Phi) is 9.49.